The van der Waals surface area contributed by atoms with E-state index in [1.54, 1.807) is 0 Å². The van der Waals surface area contributed by atoms with Crippen molar-refractivity contribution in [2.24, 2.45) is 0 Å². The van der Waals surface area contributed by atoms with E-state index in [9.17, 15) is 4.79 Å². The Morgan fingerprint density at radius 3 is 2.75 bits per heavy atom. The Morgan fingerprint density at radius 2 is 1.93 bits per heavy atom. The summed E-state index contributed by atoms with van der Waals surface area (Å²) in [5.74, 6) is 0. The van der Waals surface area contributed by atoms with E-state index < -0.39 is 0 Å². The van der Waals surface area contributed by atoms with Gasteiger partial charge in [0.15, 0.2) is 0 Å². The summed E-state index contributed by atoms with van der Waals surface area (Å²) in [6.07, 6.45) is 8.88. The van der Waals surface area contributed by atoms with Crippen molar-refractivity contribution in [3.05, 3.63) is 65.7 Å². The summed E-state index contributed by atoms with van der Waals surface area (Å²) in [7, 11) is 0. The molecule has 1 aliphatic carbocycles. The molecule has 0 atom stereocenters. The molecule has 1 saturated carbocycles. The van der Waals surface area contributed by atoms with Crippen molar-refractivity contribution in [3.63, 3.8) is 0 Å². The minimum Gasteiger partial charge on any atom is -0.332 e. The van der Waals surface area contributed by atoms with Crippen molar-refractivity contribution in [3.8, 4) is 5.69 Å². The number of rotatable bonds is 4. The van der Waals surface area contributed by atoms with Crippen LogP contribution in [-0.4, -0.2) is 30.5 Å². The zero-order chi connectivity index (χ0) is 18.9. The van der Waals surface area contributed by atoms with Crippen molar-refractivity contribution < 1.29 is 4.79 Å². The number of carbonyl (C=O) groups excluding carboxylic acids is 1. The third-order valence-corrected chi connectivity index (χ3v) is 5.73. The van der Waals surface area contributed by atoms with E-state index in [-0.39, 0.29) is 6.03 Å². The first kappa shape index (κ1) is 17.0. The first-order valence-electron chi connectivity index (χ1n) is 9.96. The number of nitrogens with zero attached hydrogens (tertiary/aromatic N) is 5. The van der Waals surface area contributed by atoms with Gasteiger partial charge in [-0.15, -0.1) is 0 Å². The van der Waals surface area contributed by atoms with Gasteiger partial charge in [-0.05, 0) is 31.0 Å². The maximum Gasteiger partial charge on any atom is 0.318 e. The average molecular weight is 376 g/mol. The van der Waals surface area contributed by atoms with Crippen LogP contribution in [0.1, 0.15) is 48.7 Å². The summed E-state index contributed by atoms with van der Waals surface area (Å²) in [4.78, 5) is 14.5. The number of amides is 2. The van der Waals surface area contributed by atoms with Gasteiger partial charge >= 0.3 is 6.03 Å². The average Bonchev–Trinajstić information content (AvgIpc) is 3.50. The van der Waals surface area contributed by atoms with Crippen LogP contribution in [0.15, 0.2) is 48.8 Å². The van der Waals surface area contributed by atoms with Gasteiger partial charge in [-0.1, -0.05) is 31.0 Å². The molecule has 7 nitrogen and oxygen atoms in total. The predicted molar refractivity (Wildman–Crippen MR) is 105 cm³/mol. The van der Waals surface area contributed by atoms with Gasteiger partial charge < -0.3 is 10.2 Å². The Balaban J connectivity index is 1.20. The Hall–Kier alpha value is -3.09. The molecular formula is C21H24N6O. The van der Waals surface area contributed by atoms with Crippen molar-refractivity contribution >= 4 is 6.03 Å². The zero-order valence-electron chi connectivity index (χ0n) is 15.8. The predicted octanol–water partition coefficient (Wildman–Crippen LogP) is 3.41. The zero-order valence-corrected chi connectivity index (χ0v) is 15.8. The lowest BCUT2D eigenvalue weighted by Gasteiger charge is -2.17. The number of hydrogen-bond donors (Lipinski definition) is 1. The summed E-state index contributed by atoms with van der Waals surface area (Å²) in [6.45, 7) is 1.60. The highest BCUT2D eigenvalue weighted by Gasteiger charge is 2.27. The second kappa shape index (κ2) is 7.14. The number of aromatic nitrogens is 4. The third kappa shape index (κ3) is 3.17. The minimum absolute atomic E-state index is 0.0637. The van der Waals surface area contributed by atoms with E-state index >= 15 is 0 Å². The van der Waals surface area contributed by atoms with Crippen molar-refractivity contribution in [1.82, 2.24) is 29.8 Å². The number of urea groups is 1. The molecule has 0 unspecified atom stereocenters. The molecular weight excluding hydrogens is 352 g/mol. The monoisotopic (exact) mass is 376 g/mol. The molecule has 1 aromatic carbocycles. The van der Waals surface area contributed by atoms with Crippen molar-refractivity contribution in [2.45, 2.75) is 51.4 Å². The van der Waals surface area contributed by atoms with Gasteiger partial charge in [-0.3, -0.25) is 4.68 Å². The molecule has 3 heterocycles. The van der Waals surface area contributed by atoms with Crippen LogP contribution in [0.2, 0.25) is 0 Å². The number of fused-ring (bicyclic) bond motifs is 1. The molecule has 28 heavy (non-hydrogen) atoms. The normalized spacial score (nSPS) is 16.5. The summed E-state index contributed by atoms with van der Waals surface area (Å²) >= 11 is 0. The molecule has 3 aromatic rings. The lowest BCUT2D eigenvalue weighted by atomic mass is 10.3. The highest BCUT2D eigenvalue weighted by molar-refractivity contribution is 5.74. The molecule has 1 N–H and O–H groups in total. The molecule has 2 aromatic heterocycles. The van der Waals surface area contributed by atoms with Gasteiger partial charge in [0.25, 0.3) is 0 Å². The van der Waals surface area contributed by atoms with Gasteiger partial charge in [0.05, 0.1) is 48.9 Å². The molecule has 0 spiro atoms. The number of nitrogens with one attached hydrogen (secondary N) is 1. The van der Waals surface area contributed by atoms with Crippen LogP contribution in [0.4, 0.5) is 4.79 Å². The van der Waals surface area contributed by atoms with Crippen LogP contribution in [0, 0.1) is 0 Å². The molecule has 0 saturated heterocycles. The standard InChI is InChI=1S/C21H24N6O/c28-21(22-13-17-10-11-26(24-17)18-6-4-5-7-18)25-14-16-12-23-27(20(16)15-25)19-8-2-1-3-9-19/h1-3,8-12,18H,4-7,13-15H2,(H,22,28). The molecule has 1 fully saturated rings. The summed E-state index contributed by atoms with van der Waals surface area (Å²) in [5.41, 5.74) is 4.10. The van der Waals surface area contributed by atoms with Crippen LogP contribution in [-0.2, 0) is 19.6 Å². The molecule has 0 bridgehead atoms. The molecule has 2 aliphatic rings. The number of benzene rings is 1. The van der Waals surface area contributed by atoms with Gasteiger partial charge in [-0.2, -0.15) is 10.2 Å². The fourth-order valence-corrected chi connectivity index (χ4v) is 4.21. The summed E-state index contributed by atoms with van der Waals surface area (Å²) < 4.78 is 3.99. The molecule has 5 rings (SSSR count). The lowest BCUT2D eigenvalue weighted by Crippen LogP contribution is -2.36. The van der Waals surface area contributed by atoms with E-state index in [2.05, 4.69) is 20.2 Å². The molecule has 144 valence electrons. The van der Waals surface area contributed by atoms with Gasteiger partial charge in [-0.25, -0.2) is 9.48 Å². The van der Waals surface area contributed by atoms with Crippen LogP contribution < -0.4 is 5.32 Å². The Bertz CT molecular complexity index is 970. The smallest absolute Gasteiger partial charge is 0.318 e. The number of carbonyl (C=O) groups is 1. The summed E-state index contributed by atoms with van der Waals surface area (Å²) in [6, 6.07) is 12.5. The molecule has 7 heteroatoms. The quantitative estimate of drug-likeness (QED) is 0.759. The molecule has 2 amide bonds. The summed E-state index contributed by atoms with van der Waals surface area (Å²) in [5, 5.41) is 12.1. The van der Waals surface area contributed by atoms with Crippen LogP contribution in [0.3, 0.4) is 0 Å². The minimum atomic E-state index is -0.0637. The second-order valence-electron chi connectivity index (χ2n) is 7.60. The van der Waals surface area contributed by atoms with Gasteiger partial charge in [0.2, 0.25) is 0 Å². The van der Waals surface area contributed by atoms with Crippen LogP contribution in [0.25, 0.3) is 5.69 Å². The highest BCUT2D eigenvalue weighted by Crippen LogP contribution is 2.29. The fraction of sp³-hybridized carbons (Fsp3) is 0.381. The number of para-hydroxylation sites is 1. The van der Waals surface area contributed by atoms with Crippen molar-refractivity contribution in [2.75, 3.05) is 0 Å². The Morgan fingerprint density at radius 1 is 1.11 bits per heavy atom. The van der Waals surface area contributed by atoms with E-state index in [4.69, 9.17) is 0 Å². The van der Waals surface area contributed by atoms with E-state index in [1.165, 1.54) is 25.7 Å². The second-order valence-corrected chi connectivity index (χ2v) is 7.60. The topological polar surface area (TPSA) is 68.0 Å². The molecule has 0 radical (unpaired) electrons. The fourth-order valence-electron chi connectivity index (χ4n) is 4.21. The van der Waals surface area contributed by atoms with Crippen LogP contribution >= 0.6 is 0 Å². The van der Waals surface area contributed by atoms with Gasteiger partial charge in [0, 0.05) is 11.8 Å². The maximum absolute atomic E-state index is 12.6. The third-order valence-electron chi connectivity index (χ3n) is 5.73. The molecule has 1 aliphatic heterocycles. The number of hydrogen-bond acceptors (Lipinski definition) is 3. The largest absolute Gasteiger partial charge is 0.332 e. The Kier molecular flexibility index (Phi) is 4.35. The van der Waals surface area contributed by atoms with Crippen molar-refractivity contribution in [1.29, 1.82) is 0 Å². The van der Waals surface area contributed by atoms with E-state index in [0.717, 1.165) is 22.6 Å². The lowest BCUT2D eigenvalue weighted by molar-refractivity contribution is 0.197. The first-order valence-corrected chi connectivity index (χ1v) is 9.96. The van der Waals surface area contributed by atoms with E-state index in [1.807, 2.05) is 58.4 Å². The maximum atomic E-state index is 12.6. The van der Waals surface area contributed by atoms with Gasteiger partial charge in [0.1, 0.15) is 0 Å². The highest BCUT2D eigenvalue weighted by atomic mass is 16.2. The van der Waals surface area contributed by atoms with Crippen LogP contribution in [0.5, 0.6) is 0 Å². The first-order chi connectivity index (χ1) is 13.8. The van der Waals surface area contributed by atoms with E-state index in [0.29, 0.717) is 25.7 Å². The Labute approximate surface area is 164 Å². The SMILES string of the molecule is O=C(NCc1ccn(C2CCCC2)n1)N1Cc2cnn(-c3ccccc3)c2C1.